The number of carbonyl (C=O) groups is 1. The number of carbonyl (C=O) groups excluding carboxylic acids is 1. The number of Topliss-reactive ketones (excluding diaryl/α,β-unsaturated/α-hetero) is 1. The van der Waals surface area contributed by atoms with Crippen LogP contribution in [0.4, 0.5) is 0 Å². The first kappa shape index (κ1) is 12.6. The highest BCUT2D eigenvalue weighted by Crippen LogP contribution is 2.27. The van der Waals surface area contributed by atoms with Gasteiger partial charge in [0.25, 0.3) is 0 Å². The van der Waals surface area contributed by atoms with E-state index < -0.39 is 0 Å². The minimum absolute atomic E-state index is 0.0127. The van der Waals surface area contributed by atoms with E-state index in [4.69, 9.17) is 17.3 Å². The van der Waals surface area contributed by atoms with Gasteiger partial charge in [0.1, 0.15) is 0 Å². The molecular weight excluding hydrogens is 234 g/mol. The summed E-state index contributed by atoms with van der Waals surface area (Å²) in [6, 6.07) is 7.23. The Morgan fingerprint density at radius 3 is 2.65 bits per heavy atom. The summed E-state index contributed by atoms with van der Waals surface area (Å²) in [5, 5.41) is 0.536. The molecule has 1 aromatic carbocycles. The van der Waals surface area contributed by atoms with Crippen LogP contribution in [0.1, 0.15) is 42.5 Å². The number of hydrogen-bond donors (Lipinski definition) is 1. The maximum atomic E-state index is 12.4. The van der Waals surface area contributed by atoms with Crippen LogP contribution in [-0.2, 0) is 0 Å². The molecule has 0 saturated heterocycles. The van der Waals surface area contributed by atoms with E-state index in [1.807, 2.05) is 12.1 Å². The molecule has 0 aromatic heterocycles. The van der Waals surface area contributed by atoms with Crippen molar-refractivity contribution < 1.29 is 4.79 Å². The predicted octanol–water partition coefficient (Wildman–Crippen LogP) is 3.43. The van der Waals surface area contributed by atoms with Crippen LogP contribution in [0.3, 0.4) is 0 Å². The smallest absolute Gasteiger partial charge is 0.168 e. The summed E-state index contributed by atoms with van der Waals surface area (Å²) >= 11 is 6.07. The average molecular weight is 252 g/mol. The van der Waals surface area contributed by atoms with E-state index in [1.165, 1.54) is 6.42 Å². The predicted molar refractivity (Wildman–Crippen MR) is 70.3 cm³/mol. The van der Waals surface area contributed by atoms with Gasteiger partial charge in [-0.3, -0.25) is 4.79 Å². The van der Waals surface area contributed by atoms with E-state index in [0.29, 0.717) is 10.6 Å². The molecule has 0 amide bonds. The molecule has 0 radical (unpaired) electrons. The summed E-state index contributed by atoms with van der Waals surface area (Å²) in [5.74, 6) is 0.0578. The number of hydrogen-bond acceptors (Lipinski definition) is 2. The van der Waals surface area contributed by atoms with Gasteiger partial charge in [-0.2, -0.15) is 0 Å². The zero-order valence-corrected chi connectivity index (χ0v) is 10.6. The third-order valence-corrected chi connectivity index (χ3v) is 3.88. The van der Waals surface area contributed by atoms with Crippen LogP contribution in [0, 0.1) is 5.92 Å². The van der Waals surface area contributed by atoms with E-state index >= 15 is 0 Å². The Kier molecular flexibility index (Phi) is 4.19. The molecule has 2 rings (SSSR count). The lowest BCUT2D eigenvalue weighted by atomic mass is 9.87. The molecule has 0 heterocycles. The zero-order chi connectivity index (χ0) is 12.3. The van der Waals surface area contributed by atoms with E-state index in [9.17, 15) is 4.79 Å². The van der Waals surface area contributed by atoms with Gasteiger partial charge in [-0.15, -0.1) is 0 Å². The zero-order valence-electron chi connectivity index (χ0n) is 9.86. The Balaban J connectivity index is 2.21. The highest BCUT2D eigenvalue weighted by atomic mass is 35.5. The first-order valence-corrected chi connectivity index (χ1v) is 6.62. The Labute approximate surface area is 107 Å². The third-order valence-electron chi connectivity index (χ3n) is 3.55. The van der Waals surface area contributed by atoms with Crippen molar-refractivity contribution in [3.63, 3.8) is 0 Å². The van der Waals surface area contributed by atoms with Crippen LogP contribution in [0.25, 0.3) is 0 Å². The van der Waals surface area contributed by atoms with Crippen LogP contribution in [0.2, 0.25) is 5.02 Å². The number of nitrogens with two attached hydrogens (primary N) is 1. The first-order chi connectivity index (χ1) is 8.20. The van der Waals surface area contributed by atoms with E-state index in [-0.39, 0.29) is 17.7 Å². The van der Waals surface area contributed by atoms with Gasteiger partial charge >= 0.3 is 0 Å². The SMILES string of the molecule is NC1CCCCCC1C(=O)c1ccccc1Cl. The molecule has 0 bridgehead atoms. The molecule has 1 aliphatic rings. The fourth-order valence-corrected chi connectivity index (χ4v) is 2.75. The van der Waals surface area contributed by atoms with Crippen LogP contribution >= 0.6 is 11.6 Å². The molecule has 92 valence electrons. The highest BCUT2D eigenvalue weighted by molar-refractivity contribution is 6.34. The van der Waals surface area contributed by atoms with Gasteiger partial charge in [0.15, 0.2) is 5.78 Å². The number of halogens is 1. The molecule has 2 unspecified atom stereocenters. The quantitative estimate of drug-likeness (QED) is 0.646. The molecule has 0 aliphatic heterocycles. The highest BCUT2D eigenvalue weighted by Gasteiger charge is 2.28. The third kappa shape index (κ3) is 2.88. The monoisotopic (exact) mass is 251 g/mol. The lowest BCUT2D eigenvalue weighted by Crippen LogP contribution is -2.34. The van der Waals surface area contributed by atoms with Crippen molar-refractivity contribution in [3.05, 3.63) is 34.9 Å². The van der Waals surface area contributed by atoms with Gasteiger partial charge in [-0.1, -0.05) is 43.0 Å². The molecule has 1 saturated carbocycles. The van der Waals surface area contributed by atoms with Crippen molar-refractivity contribution in [1.82, 2.24) is 0 Å². The molecule has 2 nitrogen and oxygen atoms in total. The van der Waals surface area contributed by atoms with Gasteiger partial charge in [0.05, 0.1) is 5.02 Å². The Morgan fingerprint density at radius 2 is 1.88 bits per heavy atom. The average Bonchev–Trinajstić information content (AvgIpc) is 2.54. The fraction of sp³-hybridized carbons (Fsp3) is 0.500. The van der Waals surface area contributed by atoms with Gasteiger partial charge in [0, 0.05) is 17.5 Å². The second-order valence-electron chi connectivity index (χ2n) is 4.75. The van der Waals surface area contributed by atoms with Crippen molar-refractivity contribution in [2.24, 2.45) is 11.7 Å². The van der Waals surface area contributed by atoms with Gasteiger partial charge < -0.3 is 5.73 Å². The fourth-order valence-electron chi connectivity index (χ4n) is 2.52. The Hall–Kier alpha value is -0.860. The summed E-state index contributed by atoms with van der Waals surface area (Å²) in [4.78, 5) is 12.4. The number of benzene rings is 1. The minimum Gasteiger partial charge on any atom is -0.327 e. The molecule has 1 aliphatic carbocycles. The standard InChI is InChI=1S/C14H18ClNO/c15-12-8-5-4-6-10(12)14(17)11-7-2-1-3-9-13(11)16/h4-6,8,11,13H,1-3,7,9,16H2. The molecule has 0 spiro atoms. The first-order valence-electron chi connectivity index (χ1n) is 6.24. The van der Waals surface area contributed by atoms with Gasteiger partial charge in [-0.25, -0.2) is 0 Å². The topological polar surface area (TPSA) is 43.1 Å². The Bertz CT molecular complexity index is 405. The molecule has 2 atom stereocenters. The molecule has 17 heavy (non-hydrogen) atoms. The maximum absolute atomic E-state index is 12.4. The van der Waals surface area contributed by atoms with Crippen molar-refractivity contribution in [2.75, 3.05) is 0 Å². The van der Waals surface area contributed by atoms with Gasteiger partial charge in [-0.05, 0) is 25.0 Å². The van der Waals surface area contributed by atoms with E-state index in [2.05, 4.69) is 0 Å². The maximum Gasteiger partial charge on any atom is 0.168 e. The van der Waals surface area contributed by atoms with Crippen molar-refractivity contribution in [3.8, 4) is 0 Å². The van der Waals surface area contributed by atoms with Crippen molar-refractivity contribution >= 4 is 17.4 Å². The molecule has 1 fully saturated rings. The van der Waals surface area contributed by atoms with Crippen LogP contribution in [0.5, 0.6) is 0 Å². The van der Waals surface area contributed by atoms with Gasteiger partial charge in [0.2, 0.25) is 0 Å². The molecule has 1 aromatic rings. The number of ketones is 1. The second kappa shape index (κ2) is 5.65. The van der Waals surface area contributed by atoms with Crippen molar-refractivity contribution in [2.45, 2.75) is 38.1 Å². The van der Waals surface area contributed by atoms with Crippen molar-refractivity contribution in [1.29, 1.82) is 0 Å². The summed E-state index contributed by atoms with van der Waals surface area (Å²) in [6.07, 6.45) is 5.24. The minimum atomic E-state index is -0.0580. The van der Waals surface area contributed by atoms with E-state index in [0.717, 1.165) is 25.7 Å². The molecular formula is C14H18ClNO. The summed E-state index contributed by atoms with van der Waals surface area (Å²) in [5.41, 5.74) is 6.73. The second-order valence-corrected chi connectivity index (χ2v) is 5.16. The summed E-state index contributed by atoms with van der Waals surface area (Å²) in [6.45, 7) is 0. The Morgan fingerprint density at radius 1 is 1.18 bits per heavy atom. The lowest BCUT2D eigenvalue weighted by Gasteiger charge is -2.20. The van der Waals surface area contributed by atoms with Crippen LogP contribution in [-0.4, -0.2) is 11.8 Å². The molecule has 3 heteroatoms. The number of rotatable bonds is 2. The normalized spacial score (nSPS) is 25.3. The van der Waals surface area contributed by atoms with E-state index in [1.54, 1.807) is 12.1 Å². The van der Waals surface area contributed by atoms with Crippen LogP contribution < -0.4 is 5.73 Å². The van der Waals surface area contributed by atoms with Crippen LogP contribution in [0.15, 0.2) is 24.3 Å². The largest absolute Gasteiger partial charge is 0.327 e. The molecule has 2 N–H and O–H groups in total. The summed E-state index contributed by atoms with van der Waals surface area (Å²) < 4.78 is 0. The lowest BCUT2D eigenvalue weighted by molar-refractivity contribution is 0.0895. The summed E-state index contributed by atoms with van der Waals surface area (Å²) in [7, 11) is 0.